The number of carbonyl (C=O) groups is 1. The van der Waals surface area contributed by atoms with E-state index in [-0.39, 0.29) is 12.5 Å². The SMILES string of the molecule is CC/C=C\C/C=C\C/C=C\C/C=C\C/C=C\CCCCCCCCCC(=O)NC(COC1OC(CO)C(O)C(O)C1O)C(O)CCCCCCCCCCCCCC. The first-order valence-corrected chi connectivity index (χ1v) is 23.5. The lowest BCUT2D eigenvalue weighted by atomic mass is 9.99. The van der Waals surface area contributed by atoms with E-state index in [2.05, 4.69) is 79.9 Å². The van der Waals surface area contributed by atoms with Crippen molar-refractivity contribution in [3.63, 3.8) is 0 Å². The van der Waals surface area contributed by atoms with Crippen LogP contribution < -0.4 is 5.32 Å². The third-order valence-corrected chi connectivity index (χ3v) is 10.9. The van der Waals surface area contributed by atoms with Crippen molar-refractivity contribution in [3.05, 3.63) is 60.8 Å². The molecule has 1 saturated heterocycles. The second kappa shape index (κ2) is 39.1. The van der Waals surface area contributed by atoms with Crippen LogP contribution in [0.1, 0.15) is 187 Å². The Morgan fingerprint density at radius 1 is 0.603 bits per heavy atom. The number of hydrogen-bond donors (Lipinski definition) is 6. The van der Waals surface area contributed by atoms with Gasteiger partial charge in [0.1, 0.15) is 24.4 Å². The molecule has 1 aliphatic heterocycles. The Bertz CT molecular complexity index is 1090. The molecule has 0 bridgehead atoms. The molecule has 0 aromatic rings. The summed E-state index contributed by atoms with van der Waals surface area (Å²) in [7, 11) is 0. The Balaban J connectivity index is 2.30. The average Bonchev–Trinajstić information content (AvgIpc) is 3.22. The highest BCUT2D eigenvalue weighted by Gasteiger charge is 2.44. The number of nitrogens with one attached hydrogen (secondary N) is 1. The molecule has 9 nitrogen and oxygen atoms in total. The highest BCUT2D eigenvalue weighted by atomic mass is 16.7. The Morgan fingerprint density at radius 2 is 1.07 bits per heavy atom. The van der Waals surface area contributed by atoms with Crippen molar-refractivity contribution in [1.82, 2.24) is 5.32 Å². The molecule has 0 spiro atoms. The Hall–Kier alpha value is -2.11. The van der Waals surface area contributed by atoms with E-state index in [0.717, 1.165) is 83.5 Å². The number of aliphatic hydroxyl groups is 5. The molecule has 1 fully saturated rings. The summed E-state index contributed by atoms with van der Waals surface area (Å²) in [5.74, 6) is -0.159. The van der Waals surface area contributed by atoms with Crippen LogP contribution in [0.4, 0.5) is 0 Å². The maximum atomic E-state index is 13.0. The standard InChI is InChI=1S/C49H87NO8/c1-3-5-7-9-11-13-15-17-18-19-20-21-22-23-24-25-26-27-29-31-33-35-37-39-45(53)50-42(41-57-49-48(56)47(55)46(54)44(40-51)58-49)43(52)38-36-34-32-30-28-16-14-12-10-8-6-4-2/h5,7,11,13,17-18,20-21,23-24,42-44,46-49,51-52,54-56H,3-4,6,8-10,12,14-16,19,22,25-41H2,1-2H3,(H,50,53)/b7-5-,13-11-,18-17-,21-20-,24-23-. The van der Waals surface area contributed by atoms with Crippen LogP contribution >= 0.6 is 0 Å². The molecule has 7 atom stereocenters. The molecule has 1 amide bonds. The van der Waals surface area contributed by atoms with E-state index in [1.807, 2.05) is 0 Å². The zero-order chi connectivity index (χ0) is 42.3. The van der Waals surface area contributed by atoms with Crippen LogP contribution in [0.25, 0.3) is 0 Å². The summed E-state index contributed by atoms with van der Waals surface area (Å²) in [4.78, 5) is 13.0. The van der Waals surface area contributed by atoms with Gasteiger partial charge in [-0.15, -0.1) is 0 Å². The number of aliphatic hydroxyl groups excluding tert-OH is 5. The summed E-state index contributed by atoms with van der Waals surface area (Å²) in [6.07, 6.45) is 43.7. The first kappa shape index (κ1) is 53.9. The first-order valence-electron chi connectivity index (χ1n) is 23.5. The largest absolute Gasteiger partial charge is 0.394 e. The maximum absolute atomic E-state index is 13.0. The summed E-state index contributed by atoms with van der Waals surface area (Å²) >= 11 is 0. The van der Waals surface area contributed by atoms with Gasteiger partial charge in [-0.25, -0.2) is 0 Å². The van der Waals surface area contributed by atoms with Crippen LogP contribution in [-0.4, -0.2) is 87.5 Å². The molecule has 1 rings (SSSR count). The van der Waals surface area contributed by atoms with Gasteiger partial charge in [0.2, 0.25) is 5.91 Å². The van der Waals surface area contributed by atoms with E-state index in [0.29, 0.717) is 12.8 Å². The third-order valence-electron chi connectivity index (χ3n) is 10.9. The fourth-order valence-electron chi connectivity index (χ4n) is 7.13. The fourth-order valence-corrected chi connectivity index (χ4v) is 7.13. The minimum Gasteiger partial charge on any atom is -0.394 e. The van der Waals surface area contributed by atoms with Crippen molar-refractivity contribution in [2.75, 3.05) is 13.2 Å². The summed E-state index contributed by atoms with van der Waals surface area (Å²) in [6.45, 7) is 3.69. The molecule has 0 aliphatic carbocycles. The van der Waals surface area contributed by atoms with E-state index in [1.54, 1.807) is 0 Å². The Labute approximate surface area is 354 Å². The van der Waals surface area contributed by atoms with Crippen LogP contribution in [0.2, 0.25) is 0 Å². The quantitative estimate of drug-likeness (QED) is 0.0267. The predicted octanol–water partition coefficient (Wildman–Crippen LogP) is 10.0. The summed E-state index contributed by atoms with van der Waals surface area (Å²) in [5, 5.41) is 54.3. The number of ether oxygens (including phenoxy) is 2. The van der Waals surface area contributed by atoms with Gasteiger partial charge in [-0.3, -0.25) is 4.79 Å². The molecule has 0 saturated carbocycles. The number of carbonyl (C=O) groups excluding carboxylic acids is 1. The molecule has 0 radical (unpaired) electrons. The zero-order valence-corrected chi connectivity index (χ0v) is 36.8. The smallest absolute Gasteiger partial charge is 0.220 e. The summed E-state index contributed by atoms with van der Waals surface area (Å²) in [5.41, 5.74) is 0. The number of rotatable bonds is 38. The minimum atomic E-state index is -1.56. The highest BCUT2D eigenvalue weighted by molar-refractivity contribution is 5.76. The molecule has 0 aromatic heterocycles. The van der Waals surface area contributed by atoms with Gasteiger partial charge in [0, 0.05) is 6.42 Å². The van der Waals surface area contributed by atoms with Crippen molar-refractivity contribution in [1.29, 1.82) is 0 Å². The predicted molar refractivity (Wildman–Crippen MR) is 239 cm³/mol. The summed E-state index contributed by atoms with van der Waals surface area (Å²) in [6, 6.07) is -0.726. The first-order chi connectivity index (χ1) is 28.3. The molecule has 336 valence electrons. The number of hydrogen-bond acceptors (Lipinski definition) is 8. The van der Waals surface area contributed by atoms with Crippen LogP contribution in [0.5, 0.6) is 0 Å². The topological polar surface area (TPSA) is 149 Å². The normalized spacial score (nSPS) is 21.4. The molecular weight excluding hydrogens is 731 g/mol. The van der Waals surface area contributed by atoms with E-state index < -0.39 is 49.5 Å². The van der Waals surface area contributed by atoms with Gasteiger partial charge in [0.15, 0.2) is 6.29 Å². The number of unbranched alkanes of at least 4 members (excludes halogenated alkanes) is 18. The van der Waals surface area contributed by atoms with Gasteiger partial charge < -0.3 is 40.3 Å². The molecule has 7 unspecified atom stereocenters. The van der Waals surface area contributed by atoms with Crippen LogP contribution in [-0.2, 0) is 14.3 Å². The van der Waals surface area contributed by atoms with Crippen LogP contribution in [0, 0.1) is 0 Å². The Kier molecular flexibility index (Phi) is 36.3. The lowest BCUT2D eigenvalue weighted by molar-refractivity contribution is -0.302. The minimum absolute atomic E-state index is 0.145. The van der Waals surface area contributed by atoms with Gasteiger partial charge in [0.05, 0.1) is 25.4 Å². The zero-order valence-electron chi connectivity index (χ0n) is 36.8. The lowest BCUT2D eigenvalue weighted by Gasteiger charge is -2.40. The van der Waals surface area contributed by atoms with Crippen molar-refractivity contribution >= 4 is 5.91 Å². The number of allylic oxidation sites excluding steroid dienone is 10. The maximum Gasteiger partial charge on any atom is 0.220 e. The van der Waals surface area contributed by atoms with Crippen LogP contribution in [0.3, 0.4) is 0 Å². The van der Waals surface area contributed by atoms with Gasteiger partial charge in [0.25, 0.3) is 0 Å². The molecule has 58 heavy (non-hydrogen) atoms. The molecule has 0 aromatic carbocycles. The van der Waals surface area contributed by atoms with Gasteiger partial charge in [-0.2, -0.15) is 0 Å². The Morgan fingerprint density at radius 3 is 1.59 bits per heavy atom. The third kappa shape index (κ3) is 29.2. The fraction of sp³-hybridized carbons (Fsp3) is 0.776. The van der Waals surface area contributed by atoms with E-state index in [4.69, 9.17) is 9.47 Å². The van der Waals surface area contributed by atoms with E-state index in [9.17, 15) is 30.3 Å². The molecule has 9 heteroatoms. The van der Waals surface area contributed by atoms with Gasteiger partial charge in [-0.1, -0.05) is 184 Å². The number of amides is 1. The monoisotopic (exact) mass is 818 g/mol. The lowest BCUT2D eigenvalue weighted by Crippen LogP contribution is -2.60. The van der Waals surface area contributed by atoms with E-state index >= 15 is 0 Å². The molecule has 6 N–H and O–H groups in total. The van der Waals surface area contributed by atoms with Gasteiger partial charge in [-0.05, 0) is 57.8 Å². The second-order valence-corrected chi connectivity index (χ2v) is 16.2. The van der Waals surface area contributed by atoms with Crippen molar-refractivity contribution < 1.29 is 39.8 Å². The van der Waals surface area contributed by atoms with Crippen molar-refractivity contribution in [3.8, 4) is 0 Å². The molecule has 1 aliphatic rings. The average molecular weight is 818 g/mol. The highest BCUT2D eigenvalue weighted by Crippen LogP contribution is 2.23. The van der Waals surface area contributed by atoms with Crippen LogP contribution in [0.15, 0.2) is 60.8 Å². The van der Waals surface area contributed by atoms with Crippen molar-refractivity contribution in [2.45, 2.75) is 230 Å². The second-order valence-electron chi connectivity index (χ2n) is 16.2. The molecular formula is C49H87NO8. The molecule has 1 heterocycles. The van der Waals surface area contributed by atoms with E-state index in [1.165, 1.54) is 77.0 Å². The summed E-state index contributed by atoms with van der Waals surface area (Å²) < 4.78 is 11.2. The van der Waals surface area contributed by atoms with Gasteiger partial charge >= 0.3 is 0 Å². The van der Waals surface area contributed by atoms with Crippen molar-refractivity contribution in [2.24, 2.45) is 0 Å².